The highest BCUT2D eigenvalue weighted by atomic mass is 32.1. The number of rotatable bonds is 15. The molecule has 12 nitrogen and oxygen atoms in total. The predicted octanol–water partition coefficient (Wildman–Crippen LogP) is 25.4. The van der Waals surface area contributed by atoms with E-state index >= 15 is 13.7 Å². The fourth-order valence-electron chi connectivity index (χ4n) is 22.2. The smallest absolute Gasteiger partial charge is 0.179 e. The second-order valence-corrected chi connectivity index (χ2v) is 50.2. The summed E-state index contributed by atoms with van der Waals surface area (Å²) in [5.41, 5.74) is 23.1. The van der Waals surface area contributed by atoms with Crippen LogP contribution in [-0.4, -0.2) is 51.7 Å². The Kier molecular flexibility index (Phi) is 21.7. The Morgan fingerprint density at radius 2 is 0.531 bits per heavy atom. The first-order valence-electron chi connectivity index (χ1n) is 49.2. The molecular formula is C130H86N9O3P3SSi. The van der Waals surface area contributed by atoms with E-state index in [0.717, 1.165) is 215 Å². The van der Waals surface area contributed by atoms with Crippen LogP contribution in [0, 0.1) is 0 Å². The van der Waals surface area contributed by atoms with Gasteiger partial charge >= 0.3 is 0 Å². The van der Waals surface area contributed by atoms with Crippen molar-refractivity contribution in [1.29, 1.82) is 0 Å². The SMILES string of the molecule is O=P1(c2ccccc2)c2cc(-c3ccc(-c4ccc5ccc6cccnc6c5n4)cc3)ccc2-n2c(-c3ccccc3)nc3cccc1c32.O=P1(c2ccccc2)c2cc(-c3ccc(-c4nc5ccccc5s4)cc3)ccc2-n2c(-c3ccccc3)nc3cccc1c32.O=P1(c2ccccc2)c2cc(-c3ccc([Si](c4ccccc4)(c4ccccc4)c4ccccc4)cc3)ccc2-n2c(-c3ccccc3)nc3cccc1c32. The summed E-state index contributed by atoms with van der Waals surface area (Å²) in [6.07, 6.45) is 1.82. The molecule has 0 N–H and O–H groups in total. The van der Waals surface area contributed by atoms with Gasteiger partial charge in [-0.2, -0.15) is 0 Å². The molecule has 0 fully saturated rings. The van der Waals surface area contributed by atoms with Crippen molar-refractivity contribution in [1.82, 2.24) is 43.6 Å². The van der Waals surface area contributed by atoms with E-state index in [9.17, 15) is 0 Å². The number of benzene rings is 20. The van der Waals surface area contributed by atoms with Crippen molar-refractivity contribution >= 4 is 174 Å². The molecule has 29 rings (SSSR count). The summed E-state index contributed by atoms with van der Waals surface area (Å²) in [5.74, 6) is 2.54. The fraction of sp³-hybridized carbons (Fsp3) is 0. The molecule has 26 aromatic rings. The van der Waals surface area contributed by atoms with Crippen LogP contribution < -0.4 is 68.5 Å². The number of imidazole rings is 3. The quantitative estimate of drug-likeness (QED) is 0.0424. The van der Waals surface area contributed by atoms with E-state index in [2.05, 4.69) is 316 Å². The van der Waals surface area contributed by atoms with Gasteiger partial charge in [-0.3, -0.25) is 18.7 Å². The first-order chi connectivity index (χ1) is 72.5. The first-order valence-corrected chi connectivity index (χ1v) is 57.1. The maximum Gasteiger partial charge on any atom is 0.179 e. The number of aromatic nitrogens is 9. The van der Waals surface area contributed by atoms with Crippen molar-refractivity contribution in [2.75, 3.05) is 0 Å². The second kappa shape index (κ2) is 36.1. The van der Waals surface area contributed by atoms with Crippen molar-refractivity contribution in [3.8, 4) is 106 Å². The Morgan fingerprint density at radius 1 is 0.218 bits per heavy atom. The van der Waals surface area contributed by atoms with Crippen LogP contribution in [-0.2, 0) is 13.7 Å². The Labute approximate surface area is 853 Å². The van der Waals surface area contributed by atoms with Crippen molar-refractivity contribution in [2.24, 2.45) is 0 Å². The minimum Gasteiger partial charge on any atom is -0.308 e. The van der Waals surface area contributed by atoms with E-state index in [0.29, 0.717) is 0 Å². The van der Waals surface area contributed by atoms with E-state index in [1.165, 1.54) is 25.4 Å². The van der Waals surface area contributed by atoms with Gasteiger partial charge in [0.05, 0.1) is 77.1 Å². The van der Waals surface area contributed by atoms with Gasteiger partial charge in [-0.1, -0.05) is 419 Å². The minimum absolute atomic E-state index is 0.811. The van der Waals surface area contributed by atoms with Crippen molar-refractivity contribution < 1.29 is 13.7 Å². The largest absolute Gasteiger partial charge is 0.308 e. The molecule has 0 spiro atoms. The third-order valence-electron chi connectivity index (χ3n) is 29.1. The Bertz CT molecular complexity index is 9690. The number of pyridine rings is 2. The van der Waals surface area contributed by atoms with Crippen molar-refractivity contribution in [3.63, 3.8) is 0 Å². The van der Waals surface area contributed by atoms with Crippen LogP contribution >= 0.6 is 32.8 Å². The molecule has 694 valence electrons. The van der Waals surface area contributed by atoms with Gasteiger partial charge < -0.3 is 13.7 Å². The van der Waals surface area contributed by atoms with Crippen LogP contribution in [0.15, 0.2) is 522 Å². The van der Waals surface area contributed by atoms with Gasteiger partial charge in [0.2, 0.25) is 0 Å². The van der Waals surface area contributed by atoms with Gasteiger partial charge in [0, 0.05) is 92.5 Å². The average Bonchev–Trinajstić information content (AvgIpc) is 1.60. The van der Waals surface area contributed by atoms with Crippen LogP contribution in [0.25, 0.3) is 172 Å². The number of hydrogen-bond acceptors (Lipinski definition) is 10. The number of nitrogens with zero attached hydrogens (tertiary/aromatic N) is 9. The number of fused-ring (bicyclic) bond motifs is 10. The maximum atomic E-state index is 16.0. The summed E-state index contributed by atoms with van der Waals surface area (Å²) in [6, 6.07) is 178. The molecule has 3 unspecified atom stereocenters. The van der Waals surface area contributed by atoms with E-state index in [4.69, 9.17) is 24.9 Å². The highest BCUT2D eigenvalue weighted by Crippen LogP contribution is 2.55. The summed E-state index contributed by atoms with van der Waals surface area (Å²) in [6.45, 7) is 0. The molecule has 3 atom stereocenters. The molecule has 3 aliphatic heterocycles. The summed E-state index contributed by atoms with van der Waals surface area (Å²) in [7, 11) is -12.5. The highest BCUT2D eigenvalue weighted by molar-refractivity contribution is 7.87. The van der Waals surface area contributed by atoms with Gasteiger partial charge in [-0.15, -0.1) is 11.3 Å². The molecule has 0 bridgehead atoms. The molecule has 0 radical (unpaired) electrons. The second-order valence-electron chi connectivity index (χ2n) is 37.3. The van der Waals surface area contributed by atoms with Crippen molar-refractivity contribution in [2.45, 2.75) is 0 Å². The molecule has 0 saturated carbocycles. The molecule has 17 heteroatoms. The summed E-state index contributed by atoms with van der Waals surface area (Å²) in [5, 5.41) is 15.9. The van der Waals surface area contributed by atoms with E-state index < -0.39 is 29.5 Å². The zero-order valence-corrected chi connectivity index (χ0v) is 83.7. The molecular weight excluding hydrogens is 1890 g/mol. The Balaban J connectivity index is 0.000000110. The van der Waals surface area contributed by atoms with Gasteiger partial charge in [0.1, 0.15) is 22.5 Å². The fourth-order valence-corrected chi connectivity index (χ4v) is 37.0. The topological polar surface area (TPSA) is 143 Å². The lowest BCUT2D eigenvalue weighted by Gasteiger charge is -2.34. The van der Waals surface area contributed by atoms with E-state index in [1.807, 2.05) is 225 Å². The normalized spacial score (nSPS) is 15.1. The Morgan fingerprint density at radius 3 is 0.918 bits per heavy atom. The standard InChI is InChI=1S/C49H35N2OPSi.C43H27N4OP.C38H24N3OPS/c52-53(39-19-8-2-9-20-39)46-28-16-27-44-48(46)51(49(50-44)37-17-6-1-7-18-37)45-34-31-38(35-47(45)53)36-29-32-43(33-30-36)54(40-21-10-3-11-22-40,41-23-12-4-13-24-41)42-25-14-5-15-26-42;48-49(34-12-5-2-6-13-34)38-15-7-14-36-42(38)47(43(46-36)32-9-3-1-4-10-32)37-25-23-33(27-39(37)49)28-16-18-29(19-17-28)35-24-22-31-21-20-30-11-8-26-44-40(30)41(31)45-35;42-43(29-12-5-2-6-13-29)33-16-9-15-31-36(33)41(37(39-31)26-10-3-1-4-11-26)32-23-22-28(24-34(32)43)25-18-20-27(21-19-25)38-40-30-14-7-8-17-35(30)44-38/h1-35H;1-27H;1-24H. The highest BCUT2D eigenvalue weighted by Gasteiger charge is 2.46. The minimum atomic E-state index is -3.30. The van der Waals surface area contributed by atoms with Crippen LogP contribution in [0.1, 0.15) is 0 Å². The zero-order chi connectivity index (χ0) is 97.9. The zero-order valence-electron chi connectivity index (χ0n) is 79.2. The predicted molar refractivity (Wildman–Crippen MR) is 613 cm³/mol. The van der Waals surface area contributed by atoms with Crippen LogP contribution in [0.3, 0.4) is 0 Å². The molecule has 0 saturated heterocycles. The third-order valence-corrected chi connectivity index (χ3v) is 44.3. The van der Waals surface area contributed by atoms with Crippen LogP contribution in [0.2, 0.25) is 0 Å². The summed E-state index contributed by atoms with van der Waals surface area (Å²) < 4.78 is 55.3. The van der Waals surface area contributed by atoms with Gasteiger partial charge in [0.15, 0.2) is 29.5 Å². The van der Waals surface area contributed by atoms with Crippen molar-refractivity contribution in [3.05, 3.63) is 522 Å². The van der Waals surface area contributed by atoms with Gasteiger partial charge in [0.25, 0.3) is 0 Å². The third kappa shape index (κ3) is 14.6. The molecule has 9 heterocycles. The number of thiazole rings is 1. The first kappa shape index (κ1) is 88.4. The maximum absolute atomic E-state index is 16.0. The molecule has 3 aliphatic rings. The molecule has 147 heavy (non-hydrogen) atoms. The summed E-state index contributed by atoms with van der Waals surface area (Å²) >= 11 is 1.70. The molecule has 20 aromatic carbocycles. The molecule has 0 amide bonds. The van der Waals surface area contributed by atoms with Crippen LogP contribution in [0.4, 0.5) is 0 Å². The lowest BCUT2D eigenvalue weighted by Crippen LogP contribution is -2.74. The monoisotopic (exact) mass is 1970 g/mol. The van der Waals surface area contributed by atoms with Gasteiger partial charge in [-0.05, 0) is 151 Å². The van der Waals surface area contributed by atoms with Crippen LogP contribution in [0.5, 0.6) is 0 Å². The molecule has 6 aromatic heterocycles. The molecule has 0 aliphatic carbocycles. The van der Waals surface area contributed by atoms with E-state index in [1.54, 1.807) is 11.3 Å². The number of para-hydroxylation sites is 4. The van der Waals surface area contributed by atoms with E-state index in [-0.39, 0.29) is 0 Å². The lowest BCUT2D eigenvalue weighted by atomic mass is 10.0. The number of hydrogen-bond donors (Lipinski definition) is 0. The Hall–Kier alpha value is -17.6. The lowest BCUT2D eigenvalue weighted by molar-refractivity contribution is 0.591. The average molecular weight is 1980 g/mol. The summed E-state index contributed by atoms with van der Waals surface area (Å²) in [4.78, 5) is 29.8. The van der Waals surface area contributed by atoms with Gasteiger partial charge in [-0.25, -0.2) is 24.9 Å².